The molecule has 96 valence electrons. The zero-order chi connectivity index (χ0) is 12.6. The van der Waals surface area contributed by atoms with Gasteiger partial charge in [-0.25, -0.2) is 0 Å². The van der Waals surface area contributed by atoms with Crippen molar-refractivity contribution in [3.05, 3.63) is 11.8 Å². The summed E-state index contributed by atoms with van der Waals surface area (Å²) in [5.74, 6) is -0.582. The molecule has 0 atom stereocenters. The predicted octanol–water partition coefficient (Wildman–Crippen LogP) is 0.977. The highest BCUT2D eigenvalue weighted by Crippen LogP contribution is 2.22. The van der Waals surface area contributed by atoms with E-state index in [1.165, 1.54) is 0 Å². The van der Waals surface area contributed by atoms with Crippen molar-refractivity contribution in [3.63, 3.8) is 0 Å². The maximum Gasteiger partial charge on any atom is 0.198 e. The third-order valence-corrected chi connectivity index (χ3v) is 3.49. The van der Waals surface area contributed by atoms with Gasteiger partial charge in [-0.3, -0.25) is 4.90 Å². The van der Waals surface area contributed by atoms with Gasteiger partial charge in [0.25, 0.3) is 0 Å². The highest BCUT2D eigenvalue weighted by molar-refractivity contribution is 6.22. The Kier molecular flexibility index (Phi) is 7.92. The molecule has 0 heterocycles. The fraction of sp³-hybridized carbons (Fsp3) is 0.833. The molecule has 0 saturated heterocycles. The van der Waals surface area contributed by atoms with Crippen LogP contribution in [-0.4, -0.2) is 53.8 Å². The average Bonchev–Trinajstić information content (AvgIpc) is 2.26. The second kappa shape index (κ2) is 8.01. The molecule has 16 heavy (non-hydrogen) atoms. The largest absolute Gasteiger partial charge is 0.346 e. The minimum absolute atomic E-state index is 0.582. The number of nitrogens with zero attached hydrogens (tertiary/aromatic N) is 1. The Morgan fingerprint density at radius 1 is 1.12 bits per heavy atom. The van der Waals surface area contributed by atoms with Gasteiger partial charge in [-0.2, -0.15) is 0 Å². The van der Waals surface area contributed by atoms with Crippen LogP contribution in [0.3, 0.4) is 0 Å². The smallest absolute Gasteiger partial charge is 0.198 e. The summed E-state index contributed by atoms with van der Waals surface area (Å²) < 4.78 is 11.7. The van der Waals surface area contributed by atoms with Gasteiger partial charge in [0.1, 0.15) is 0 Å². The molecule has 0 aromatic heterocycles. The zero-order valence-corrected chi connectivity index (χ0v) is 13.5. The fourth-order valence-corrected chi connectivity index (χ4v) is 2.17. The molecule has 0 aromatic rings. The molecule has 0 rings (SSSR count). The third-order valence-electron chi connectivity index (χ3n) is 2.73. The van der Waals surface area contributed by atoms with E-state index < -0.39 is 5.79 Å². The predicted molar refractivity (Wildman–Crippen MR) is 72.9 cm³/mol. The topological polar surface area (TPSA) is 21.7 Å². The van der Waals surface area contributed by atoms with Crippen LogP contribution in [-0.2, 0) is 9.47 Å². The molecule has 0 unspecified atom stereocenters. The second-order valence-electron chi connectivity index (χ2n) is 3.86. The van der Waals surface area contributed by atoms with Crippen LogP contribution in [0.25, 0.3) is 0 Å². The van der Waals surface area contributed by atoms with Gasteiger partial charge in [0, 0.05) is 23.5 Å². The van der Waals surface area contributed by atoms with Gasteiger partial charge < -0.3 is 9.47 Å². The summed E-state index contributed by atoms with van der Waals surface area (Å²) in [6.07, 6.45) is 0. The van der Waals surface area contributed by atoms with Gasteiger partial charge in [-0.1, -0.05) is 20.4 Å². The summed E-state index contributed by atoms with van der Waals surface area (Å²) in [6.45, 7) is 16.5. The molecule has 3 nitrogen and oxygen atoms in total. The van der Waals surface area contributed by atoms with Crippen LogP contribution in [0.1, 0.15) is 27.7 Å². The molecule has 0 saturated carbocycles. The standard InChI is InChI=1S/C12H27NO2Si/c1-6-13(7-2)10-12(11(5)16,14-8-3)15-9-4/h5-10H2,1-4,16H3. The minimum atomic E-state index is -0.582. The lowest BCUT2D eigenvalue weighted by atomic mass is 10.2. The first-order valence-electron chi connectivity index (χ1n) is 6.22. The van der Waals surface area contributed by atoms with Gasteiger partial charge >= 0.3 is 0 Å². The fourth-order valence-electron chi connectivity index (χ4n) is 1.72. The lowest BCUT2D eigenvalue weighted by Gasteiger charge is -2.37. The van der Waals surface area contributed by atoms with Crippen LogP contribution in [0.5, 0.6) is 0 Å². The van der Waals surface area contributed by atoms with Crippen molar-refractivity contribution in [1.29, 1.82) is 0 Å². The summed E-state index contributed by atoms with van der Waals surface area (Å²) >= 11 is 0. The molecule has 4 heteroatoms. The zero-order valence-electron chi connectivity index (χ0n) is 11.5. The minimum Gasteiger partial charge on any atom is -0.346 e. The lowest BCUT2D eigenvalue weighted by Crippen LogP contribution is -2.49. The number of hydrogen-bond donors (Lipinski definition) is 0. The van der Waals surface area contributed by atoms with Crippen LogP contribution in [0.4, 0.5) is 0 Å². The second-order valence-corrected chi connectivity index (χ2v) is 5.07. The lowest BCUT2D eigenvalue weighted by molar-refractivity contribution is -0.211. The molecule has 0 spiro atoms. The summed E-state index contributed by atoms with van der Waals surface area (Å²) in [5, 5.41) is 1.07. The first-order valence-corrected chi connectivity index (χ1v) is 7.22. The number of hydrogen-bond acceptors (Lipinski definition) is 3. The molecule has 0 N–H and O–H groups in total. The van der Waals surface area contributed by atoms with E-state index in [1.54, 1.807) is 0 Å². The molecule has 0 amide bonds. The van der Waals surface area contributed by atoms with Crippen molar-refractivity contribution >= 4 is 10.2 Å². The maximum absolute atomic E-state index is 5.84. The van der Waals surface area contributed by atoms with E-state index in [9.17, 15) is 0 Å². The molecule has 0 fully saturated rings. The van der Waals surface area contributed by atoms with E-state index in [2.05, 4.69) is 25.3 Å². The summed E-state index contributed by atoms with van der Waals surface area (Å²) in [4.78, 5) is 2.31. The van der Waals surface area contributed by atoms with E-state index >= 15 is 0 Å². The van der Waals surface area contributed by atoms with Crippen molar-refractivity contribution < 1.29 is 9.47 Å². The highest BCUT2D eigenvalue weighted by Gasteiger charge is 2.33. The summed E-state index contributed by atoms with van der Waals surface area (Å²) in [6, 6.07) is 0. The third kappa shape index (κ3) is 4.37. The number of ether oxygens (including phenoxy) is 2. The van der Waals surface area contributed by atoms with Crippen molar-refractivity contribution in [3.8, 4) is 0 Å². The van der Waals surface area contributed by atoms with Gasteiger partial charge in [-0.15, -0.1) is 0 Å². The molecule has 0 aliphatic rings. The van der Waals surface area contributed by atoms with E-state index in [1.807, 2.05) is 13.8 Å². The molecular weight excluding hydrogens is 218 g/mol. The SMILES string of the molecule is C=C([SiH3])C(CN(CC)CC)(OCC)OCC. The van der Waals surface area contributed by atoms with Gasteiger partial charge in [0.2, 0.25) is 0 Å². The quantitative estimate of drug-likeness (QED) is 0.446. The van der Waals surface area contributed by atoms with Crippen molar-refractivity contribution in [2.75, 3.05) is 32.8 Å². The van der Waals surface area contributed by atoms with Crippen LogP contribution >= 0.6 is 0 Å². The van der Waals surface area contributed by atoms with Crippen LogP contribution < -0.4 is 0 Å². The molecule has 0 bridgehead atoms. The first-order chi connectivity index (χ1) is 7.56. The Hall–Kier alpha value is -0.163. The Bertz CT molecular complexity index is 199. The Morgan fingerprint density at radius 3 is 1.81 bits per heavy atom. The monoisotopic (exact) mass is 245 g/mol. The van der Waals surface area contributed by atoms with E-state index in [4.69, 9.17) is 9.47 Å². The molecule has 0 radical (unpaired) electrons. The van der Waals surface area contributed by atoms with Crippen molar-refractivity contribution in [2.24, 2.45) is 0 Å². The van der Waals surface area contributed by atoms with Crippen molar-refractivity contribution in [2.45, 2.75) is 33.5 Å². The molecular formula is C12H27NO2Si. The van der Waals surface area contributed by atoms with Crippen LogP contribution in [0.15, 0.2) is 11.8 Å². The van der Waals surface area contributed by atoms with E-state index in [0.29, 0.717) is 13.2 Å². The Morgan fingerprint density at radius 2 is 1.56 bits per heavy atom. The molecule has 0 aliphatic carbocycles. The first kappa shape index (κ1) is 15.8. The molecule has 0 aliphatic heterocycles. The van der Waals surface area contributed by atoms with Crippen molar-refractivity contribution in [1.82, 2.24) is 4.90 Å². The summed E-state index contributed by atoms with van der Waals surface area (Å²) in [7, 11) is 0.894. The number of rotatable bonds is 9. The van der Waals surface area contributed by atoms with Gasteiger partial charge in [0.05, 0.1) is 6.54 Å². The van der Waals surface area contributed by atoms with E-state index in [0.717, 1.165) is 35.1 Å². The van der Waals surface area contributed by atoms with Gasteiger partial charge in [-0.05, 0) is 32.1 Å². The Balaban J connectivity index is 4.78. The highest BCUT2D eigenvalue weighted by atomic mass is 28.1. The average molecular weight is 245 g/mol. The van der Waals surface area contributed by atoms with Crippen LogP contribution in [0, 0.1) is 0 Å². The normalized spacial score (nSPS) is 12.3. The Labute approximate surface area is 103 Å². The van der Waals surface area contributed by atoms with E-state index in [-0.39, 0.29) is 0 Å². The number of likely N-dealkylation sites (N-methyl/N-ethyl adjacent to an activating group) is 1. The van der Waals surface area contributed by atoms with Crippen LogP contribution in [0.2, 0.25) is 0 Å². The summed E-state index contributed by atoms with van der Waals surface area (Å²) in [5.41, 5.74) is 0. The molecule has 0 aromatic carbocycles. The maximum atomic E-state index is 5.84. The van der Waals surface area contributed by atoms with Gasteiger partial charge in [0.15, 0.2) is 5.79 Å².